The lowest BCUT2D eigenvalue weighted by molar-refractivity contribution is -0.139. The van der Waals surface area contributed by atoms with Crippen LogP contribution >= 0.6 is 0 Å². The standard InChI is InChI=1S/C30H37N3O6S/c1-21(2)31-30(35)23(4)32(19-24-10-8-7-9-11-24)29(34)20-33(25-14-12-22(3)13-15-25)40(36,37)26-16-17-27(38-5)28(18-26)39-6/h7-18,21,23H,19-20H2,1-6H3,(H,31,35)/t23-/m0/s1. The molecule has 0 aliphatic heterocycles. The number of carbonyl (C=O) groups excluding carboxylic acids is 2. The second kappa shape index (κ2) is 13.3. The number of hydrogen-bond donors (Lipinski definition) is 1. The van der Waals surface area contributed by atoms with E-state index in [9.17, 15) is 18.0 Å². The van der Waals surface area contributed by atoms with E-state index < -0.39 is 28.5 Å². The first-order valence-corrected chi connectivity index (χ1v) is 14.4. The molecule has 3 rings (SSSR count). The number of hydrogen-bond acceptors (Lipinski definition) is 6. The van der Waals surface area contributed by atoms with E-state index in [0.29, 0.717) is 11.4 Å². The van der Waals surface area contributed by atoms with Gasteiger partial charge in [-0.1, -0.05) is 48.0 Å². The molecule has 0 heterocycles. The third-order valence-electron chi connectivity index (χ3n) is 6.34. The Labute approximate surface area is 236 Å². The number of carbonyl (C=O) groups is 2. The van der Waals surface area contributed by atoms with Crippen LogP contribution in [0.1, 0.15) is 31.9 Å². The SMILES string of the molecule is COc1ccc(S(=O)(=O)N(CC(=O)N(Cc2ccccc2)[C@@H](C)C(=O)NC(C)C)c2ccc(C)cc2)cc1OC. The number of nitrogens with zero attached hydrogens (tertiary/aromatic N) is 2. The van der Waals surface area contributed by atoms with Crippen molar-refractivity contribution in [1.29, 1.82) is 0 Å². The molecule has 0 saturated carbocycles. The molecule has 9 nitrogen and oxygen atoms in total. The molecule has 0 aromatic heterocycles. The van der Waals surface area contributed by atoms with E-state index in [1.807, 2.05) is 51.1 Å². The normalized spacial score (nSPS) is 12.0. The summed E-state index contributed by atoms with van der Waals surface area (Å²) in [6.45, 7) is 6.80. The van der Waals surface area contributed by atoms with Crippen molar-refractivity contribution >= 4 is 27.5 Å². The molecule has 0 aliphatic rings. The molecule has 3 aromatic carbocycles. The minimum atomic E-state index is -4.24. The fourth-order valence-electron chi connectivity index (χ4n) is 4.11. The number of aryl methyl sites for hydroxylation is 1. The van der Waals surface area contributed by atoms with E-state index in [2.05, 4.69) is 5.32 Å². The maximum absolute atomic E-state index is 14.0. The van der Waals surface area contributed by atoms with Crippen LogP contribution < -0.4 is 19.1 Å². The highest BCUT2D eigenvalue weighted by atomic mass is 32.2. The summed E-state index contributed by atoms with van der Waals surface area (Å²) < 4.78 is 39.7. The minimum absolute atomic E-state index is 0.0706. The first-order chi connectivity index (χ1) is 19.0. The lowest BCUT2D eigenvalue weighted by Crippen LogP contribution is -2.52. The number of rotatable bonds is 12. The van der Waals surface area contributed by atoms with Crippen LogP contribution in [0.4, 0.5) is 5.69 Å². The third-order valence-corrected chi connectivity index (χ3v) is 8.11. The molecule has 0 spiro atoms. The van der Waals surface area contributed by atoms with Crippen LogP contribution in [0.25, 0.3) is 0 Å². The van der Waals surface area contributed by atoms with Crippen LogP contribution in [-0.4, -0.2) is 58.0 Å². The van der Waals surface area contributed by atoms with Gasteiger partial charge in [-0.25, -0.2) is 8.42 Å². The largest absolute Gasteiger partial charge is 0.493 e. The molecule has 3 aromatic rings. The van der Waals surface area contributed by atoms with Gasteiger partial charge in [0.05, 0.1) is 24.8 Å². The van der Waals surface area contributed by atoms with Gasteiger partial charge in [-0.15, -0.1) is 0 Å². The van der Waals surface area contributed by atoms with Gasteiger partial charge in [-0.2, -0.15) is 0 Å². The first-order valence-electron chi connectivity index (χ1n) is 12.9. The van der Waals surface area contributed by atoms with Crippen LogP contribution in [0, 0.1) is 6.92 Å². The van der Waals surface area contributed by atoms with Crippen molar-refractivity contribution in [3.05, 3.63) is 83.9 Å². The zero-order valence-electron chi connectivity index (χ0n) is 23.7. The molecule has 0 aliphatic carbocycles. The van der Waals surface area contributed by atoms with Crippen LogP contribution in [0.15, 0.2) is 77.7 Å². The maximum Gasteiger partial charge on any atom is 0.264 e. The van der Waals surface area contributed by atoms with Crippen molar-refractivity contribution < 1.29 is 27.5 Å². The Bertz CT molecular complexity index is 1410. The summed E-state index contributed by atoms with van der Waals surface area (Å²) in [4.78, 5) is 28.2. The lowest BCUT2D eigenvalue weighted by Gasteiger charge is -2.32. The zero-order valence-corrected chi connectivity index (χ0v) is 24.6. The summed E-state index contributed by atoms with van der Waals surface area (Å²) in [5.74, 6) is -0.245. The average Bonchev–Trinajstić information content (AvgIpc) is 2.94. The van der Waals surface area contributed by atoms with Gasteiger partial charge in [0.15, 0.2) is 11.5 Å². The van der Waals surface area contributed by atoms with Crippen molar-refractivity contribution in [3.8, 4) is 11.5 Å². The number of amides is 2. The quantitative estimate of drug-likeness (QED) is 0.353. The molecule has 2 amide bonds. The predicted molar refractivity (Wildman–Crippen MR) is 155 cm³/mol. The monoisotopic (exact) mass is 567 g/mol. The van der Waals surface area contributed by atoms with E-state index in [1.54, 1.807) is 31.2 Å². The van der Waals surface area contributed by atoms with Crippen molar-refractivity contribution in [2.75, 3.05) is 25.1 Å². The van der Waals surface area contributed by atoms with Crippen LogP contribution in [0.2, 0.25) is 0 Å². The lowest BCUT2D eigenvalue weighted by atomic mass is 10.1. The summed E-state index contributed by atoms with van der Waals surface area (Å²) in [5.41, 5.74) is 2.06. The van der Waals surface area contributed by atoms with Gasteiger partial charge in [0.1, 0.15) is 12.6 Å². The van der Waals surface area contributed by atoms with Gasteiger partial charge >= 0.3 is 0 Å². The molecular weight excluding hydrogens is 530 g/mol. The summed E-state index contributed by atoms with van der Waals surface area (Å²) >= 11 is 0. The Kier molecular flexibility index (Phi) is 10.2. The highest BCUT2D eigenvalue weighted by Gasteiger charge is 2.33. The van der Waals surface area contributed by atoms with Gasteiger partial charge < -0.3 is 19.7 Å². The molecule has 0 fully saturated rings. The molecule has 1 atom stereocenters. The highest BCUT2D eigenvalue weighted by molar-refractivity contribution is 7.92. The molecule has 0 unspecified atom stereocenters. The van der Waals surface area contributed by atoms with Crippen LogP contribution in [0.3, 0.4) is 0 Å². The molecule has 40 heavy (non-hydrogen) atoms. The second-order valence-corrected chi connectivity index (χ2v) is 11.6. The molecule has 0 bridgehead atoms. The number of benzene rings is 3. The first kappa shape index (κ1) is 30.5. The number of methoxy groups -OCH3 is 2. The fraction of sp³-hybridized carbons (Fsp3) is 0.333. The second-order valence-electron chi connectivity index (χ2n) is 9.71. The Balaban J connectivity index is 2.06. The van der Waals surface area contributed by atoms with Gasteiger partial charge in [0.2, 0.25) is 11.8 Å². The van der Waals surface area contributed by atoms with Crippen molar-refractivity contribution in [3.63, 3.8) is 0 Å². The van der Waals surface area contributed by atoms with E-state index >= 15 is 0 Å². The molecule has 0 radical (unpaired) electrons. The molecule has 1 N–H and O–H groups in total. The van der Waals surface area contributed by atoms with E-state index in [4.69, 9.17) is 9.47 Å². The zero-order chi connectivity index (χ0) is 29.4. The van der Waals surface area contributed by atoms with E-state index in [-0.39, 0.29) is 29.1 Å². The van der Waals surface area contributed by atoms with Gasteiger partial charge in [0, 0.05) is 18.7 Å². The van der Waals surface area contributed by atoms with Gasteiger partial charge in [0.25, 0.3) is 10.0 Å². The fourth-order valence-corrected chi connectivity index (χ4v) is 5.54. The van der Waals surface area contributed by atoms with E-state index in [1.165, 1.54) is 37.3 Å². The minimum Gasteiger partial charge on any atom is -0.493 e. The van der Waals surface area contributed by atoms with Crippen LogP contribution in [-0.2, 0) is 26.2 Å². The topological polar surface area (TPSA) is 105 Å². The molecule has 10 heteroatoms. The summed E-state index contributed by atoms with van der Waals surface area (Å²) in [6.07, 6.45) is 0. The Hall–Kier alpha value is -4.05. The summed E-state index contributed by atoms with van der Waals surface area (Å²) in [5, 5.41) is 2.84. The van der Waals surface area contributed by atoms with E-state index in [0.717, 1.165) is 15.4 Å². The van der Waals surface area contributed by atoms with Crippen molar-refractivity contribution in [2.45, 2.75) is 51.2 Å². The predicted octanol–water partition coefficient (Wildman–Crippen LogP) is 4.15. The van der Waals surface area contributed by atoms with Crippen LogP contribution in [0.5, 0.6) is 11.5 Å². The molecular formula is C30H37N3O6S. The summed E-state index contributed by atoms with van der Waals surface area (Å²) in [6, 6.07) is 19.4. The Morgan fingerprint density at radius 2 is 1.50 bits per heavy atom. The van der Waals surface area contributed by atoms with Crippen molar-refractivity contribution in [1.82, 2.24) is 10.2 Å². The third kappa shape index (κ3) is 7.32. The Morgan fingerprint density at radius 1 is 0.875 bits per heavy atom. The Morgan fingerprint density at radius 3 is 2.08 bits per heavy atom. The van der Waals surface area contributed by atoms with Gasteiger partial charge in [-0.3, -0.25) is 13.9 Å². The maximum atomic E-state index is 14.0. The number of anilines is 1. The van der Waals surface area contributed by atoms with Gasteiger partial charge in [-0.05, 0) is 57.5 Å². The molecule has 0 saturated heterocycles. The smallest absolute Gasteiger partial charge is 0.264 e. The molecule has 214 valence electrons. The number of ether oxygens (including phenoxy) is 2. The highest BCUT2D eigenvalue weighted by Crippen LogP contribution is 2.32. The summed E-state index contributed by atoms with van der Waals surface area (Å²) in [7, 11) is -1.36. The average molecular weight is 568 g/mol. The number of nitrogens with one attached hydrogen (secondary N) is 1. The number of sulfonamides is 1. The van der Waals surface area contributed by atoms with Crippen molar-refractivity contribution in [2.24, 2.45) is 0 Å².